The topological polar surface area (TPSA) is 44.4 Å². The zero-order chi connectivity index (χ0) is 13.2. The van der Waals surface area contributed by atoms with Gasteiger partial charge in [0, 0.05) is 25.6 Å². The van der Waals surface area contributed by atoms with Gasteiger partial charge < -0.3 is 15.5 Å². The van der Waals surface area contributed by atoms with Gasteiger partial charge >= 0.3 is 0 Å². The van der Waals surface area contributed by atoms with Crippen LogP contribution in [0.5, 0.6) is 0 Å². The maximum absolute atomic E-state index is 11.7. The van der Waals surface area contributed by atoms with Crippen LogP contribution in [0.2, 0.25) is 0 Å². The van der Waals surface area contributed by atoms with E-state index >= 15 is 0 Å². The summed E-state index contributed by atoms with van der Waals surface area (Å²) in [6.07, 6.45) is 5.31. The van der Waals surface area contributed by atoms with Crippen molar-refractivity contribution in [3.05, 3.63) is 0 Å². The van der Waals surface area contributed by atoms with E-state index in [1.807, 2.05) is 0 Å². The molecule has 18 heavy (non-hydrogen) atoms. The summed E-state index contributed by atoms with van der Waals surface area (Å²) in [6, 6.07) is 0.572. The predicted octanol–water partition coefficient (Wildman–Crippen LogP) is 1.37. The van der Waals surface area contributed by atoms with E-state index in [2.05, 4.69) is 29.4 Å². The third-order valence-electron chi connectivity index (χ3n) is 3.62. The van der Waals surface area contributed by atoms with Crippen molar-refractivity contribution in [2.45, 2.75) is 52.0 Å². The number of likely N-dealkylation sites (N-methyl/N-ethyl adjacent to an activating group) is 1. The highest BCUT2D eigenvalue weighted by Crippen LogP contribution is 2.10. The lowest BCUT2D eigenvalue weighted by atomic mass is 10.1. The zero-order valence-corrected chi connectivity index (χ0v) is 12.0. The van der Waals surface area contributed by atoms with Crippen LogP contribution >= 0.6 is 0 Å². The van der Waals surface area contributed by atoms with Crippen LogP contribution in [-0.2, 0) is 4.79 Å². The number of carbonyl (C=O) groups excluding carboxylic acids is 1. The Hall–Kier alpha value is -0.610. The molecule has 0 aromatic carbocycles. The first-order valence-electron chi connectivity index (χ1n) is 7.48. The average molecular weight is 255 g/mol. The normalized spacial score (nSPS) is 19.4. The van der Waals surface area contributed by atoms with E-state index in [0.29, 0.717) is 12.5 Å². The van der Waals surface area contributed by atoms with Gasteiger partial charge in [0.25, 0.3) is 0 Å². The molecule has 0 saturated carbocycles. The number of hydrogen-bond acceptors (Lipinski definition) is 3. The second-order valence-electron chi connectivity index (χ2n) is 5.12. The van der Waals surface area contributed by atoms with Crippen LogP contribution in [0.25, 0.3) is 0 Å². The average Bonchev–Trinajstić information content (AvgIpc) is 2.88. The van der Waals surface area contributed by atoms with Crippen molar-refractivity contribution in [2.24, 2.45) is 0 Å². The first kappa shape index (κ1) is 15.4. The lowest BCUT2D eigenvalue weighted by molar-refractivity contribution is -0.121. The molecule has 1 atom stereocenters. The molecule has 4 nitrogen and oxygen atoms in total. The molecule has 0 spiro atoms. The van der Waals surface area contributed by atoms with Crippen molar-refractivity contribution in [2.75, 3.05) is 32.7 Å². The summed E-state index contributed by atoms with van der Waals surface area (Å²) in [5.74, 6) is 0.205. The molecule has 1 rings (SSSR count). The number of carbonyl (C=O) groups is 1. The van der Waals surface area contributed by atoms with Gasteiger partial charge in [0.1, 0.15) is 0 Å². The summed E-state index contributed by atoms with van der Waals surface area (Å²) in [4.78, 5) is 14.0. The van der Waals surface area contributed by atoms with Gasteiger partial charge in [0.05, 0.1) is 0 Å². The van der Waals surface area contributed by atoms with Gasteiger partial charge in [-0.2, -0.15) is 0 Å². The van der Waals surface area contributed by atoms with E-state index in [4.69, 9.17) is 0 Å². The van der Waals surface area contributed by atoms with E-state index in [9.17, 15) is 4.79 Å². The summed E-state index contributed by atoms with van der Waals surface area (Å²) in [5.41, 5.74) is 0. The maximum Gasteiger partial charge on any atom is 0.220 e. The number of hydrogen-bond donors (Lipinski definition) is 2. The molecule has 1 fully saturated rings. The highest BCUT2D eigenvalue weighted by atomic mass is 16.1. The Balaban J connectivity index is 2.01. The maximum atomic E-state index is 11.7. The van der Waals surface area contributed by atoms with Gasteiger partial charge in [-0.05, 0) is 45.3 Å². The lowest BCUT2D eigenvalue weighted by Crippen LogP contribution is -2.35. The highest BCUT2D eigenvalue weighted by molar-refractivity contribution is 5.75. The highest BCUT2D eigenvalue weighted by Gasteiger charge is 2.14. The molecule has 1 aliphatic heterocycles. The van der Waals surface area contributed by atoms with Crippen molar-refractivity contribution in [3.8, 4) is 0 Å². The molecule has 106 valence electrons. The van der Waals surface area contributed by atoms with E-state index in [-0.39, 0.29) is 5.91 Å². The smallest absolute Gasteiger partial charge is 0.220 e. The summed E-state index contributed by atoms with van der Waals surface area (Å²) in [6.45, 7) is 9.42. The summed E-state index contributed by atoms with van der Waals surface area (Å²) >= 11 is 0. The molecule has 1 aliphatic rings. The third-order valence-corrected chi connectivity index (χ3v) is 3.62. The number of nitrogens with one attached hydrogen (secondary N) is 2. The van der Waals surface area contributed by atoms with E-state index in [0.717, 1.165) is 39.1 Å². The van der Waals surface area contributed by atoms with Crippen molar-refractivity contribution < 1.29 is 4.79 Å². The minimum absolute atomic E-state index is 0.205. The Morgan fingerprint density at radius 3 is 2.83 bits per heavy atom. The van der Waals surface area contributed by atoms with Crippen LogP contribution in [0, 0.1) is 0 Å². The Labute approximate surface area is 111 Å². The molecule has 0 aromatic rings. The largest absolute Gasteiger partial charge is 0.355 e. The van der Waals surface area contributed by atoms with E-state index < -0.39 is 0 Å². The molecule has 1 heterocycles. The van der Waals surface area contributed by atoms with Crippen LogP contribution in [-0.4, -0.2) is 49.6 Å². The third kappa shape index (κ3) is 6.36. The summed E-state index contributed by atoms with van der Waals surface area (Å²) < 4.78 is 0. The van der Waals surface area contributed by atoms with Gasteiger partial charge in [-0.3, -0.25) is 4.79 Å². The Morgan fingerprint density at radius 2 is 2.22 bits per heavy atom. The van der Waals surface area contributed by atoms with Crippen LogP contribution in [0.15, 0.2) is 0 Å². The molecule has 0 aliphatic carbocycles. The van der Waals surface area contributed by atoms with Crippen molar-refractivity contribution in [1.29, 1.82) is 0 Å². The first-order chi connectivity index (χ1) is 8.76. The fourth-order valence-corrected chi connectivity index (χ4v) is 2.49. The number of rotatable bonds is 9. The molecule has 2 N–H and O–H groups in total. The van der Waals surface area contributed by atoms with Crippen molar-refractivity contribution in [1.82, 2.24) is 15.5 Å². The minimum atomic E-state index is 0.205. The predicted molar refractivity (Wildman–Crippen MR) is 75.7 cm³/mol. The van der Waals surface area contributed by atoms with Gasteiger partial charge in [-0.25, -0.2) is 0 Å². The summed E-state index contributed by atoms with van der Waals surface area (Å²) in [5, 5.41) is 6.45. The van der Waals surface area contributed by atoms with Gasteiger partial charge in [0.2, 0.25) is 5.91 Å². The van der Waals surface area contributed by atoms with E-state index in [1.165, 1.54) is 19.3 Å². The SMILES string of the molecule is CCCN(CC)CCNC(=O)CCC1CCCN1. The first-order valence-corrected chi connectivity index (χ1v) is 7.48. The quantitative estimate of drug-likeness (QED) is 0.654. The molecule has 1 amide bonds. The fourth-order valence-electron chi connectivity index (χ4n) is 2.49. The second kappa shape index (κ2) is 9.34. The Bertz CT molecular complexity index is 227. The van der Waals surface area contributed by atoms with Crippen molar-refractivity contribution >= 4 is 5.91 Å². The Morgan fingerprint density at radius 1 is 1.39 bits per heavy atom. The van der Waals surface area contributed by atoms with Crippen LogP contribution < -0.4 is 10.6 Å². The number of nitrogens with zero attached hydrogens (tertiary/aromatic N) is 1. The van der Waals surface area contributed by atoms with Gasteiger partial charge in [0.15, 0.2) is 0 Å². The summed E-state index contributed by atoms with van der Waals surface area (Å²) in [7, 11) is 0. The monoisotopic (exact) mass is 255 g/mol. The van der Waals surface area contributed by atoms with Crippen molar-refractivity contribution in [3.63, 3.8) is 0 Å². The molecule has 4 heteroatoms. The van der Waals surface area contributed by atoms with Crippen LogP contribution in [0.1, 0.15) is 46.0 Å². The van der Waals surface area contributed by atoms with E-state index in [1.54, 1.807) is 0 Å². The van der Waals surface area contributed by atoms with Crippen LogP contribution in [0.4, 0.5) is 0 Å². The Kier molecular flexibility index (Phi) is 8.01. The van der Waals surface area contributed by atoms with Crippen LogP contribution in [0.3, 0.4) is 0 Å². The lowest BCUT2D eigenvalue weighted by Gasteiger charge is -2.19. The second-order valence-corrected chi connectivity index (χ2v) is 5.12. The fraction of sp³-hybridized carbons (Fsp3) is 0.929. The standard InChI is InChI=1S/C14H29N3O/c1-3-11-17(4-2)12-10-16-14(18)8-7-13-6-5-9-15-13/h13,15H,3-12H2,1-2H3,(H,16,18). The zero-order valence-electron chi connectivity index (χ0n) is 12.0. The molecule has 1 saturated heterocycles. The minimum Gasteiger partial charge on any atom is -0.355 e. The molecule has 0 aromatic heterocycles. The molecular weight excluding hydrogens is 226 g/mol. The van der Waals surface area contributed by atoms with Gasteiger partial charge in [-0.1, -0.05) is 13.8 Å². The molecule has 0 radical (unpaired) electrons. The van der Waals surface area contributed by atoms with Gasteiger partial charge in [-0.15, -0.1) is 0 Å². The number of amides is 1. The molecular formula is C14H29N3O. The molecule has 1 unspecified atom stereocenters. The molecule has 0 bridgehead atoms.